The second kappa shape index (κ2) is 5.85. The number of halogens is 1. The van der Waals surface area contributed by atoms with Crippen LogP contribution in [0.3, 0.4) is 0 Å². The van der Waals surface area contributed by atoms with Crippen LogP contribution in [0.1, 0.15) is 17.5 Å². The van der Waals surface area contributed by atoms with Crippen LogP contribution in [0, 0.1) is 0 Å². The molecule has 1 aromatic carbocycles. The van der Waals surface area contributed by atoms with E-state index in [0.29, 0.717) is 11.2 Å². The predicted octanol–water partition coefficient (Wildman–Crippen LogP) is 2.24. The summed E-state index contributed by atoms with van der Waals surface area (Å²) in [5.74, 6) is 0.245. The van der Waals surface area contributed by atoms with Crippen molar-refractivity contribution in [2.45, 2.75) is 24.3 Å². The summed E-state index contributed by atoms with van der Waals surface area (Å²) < 4.78 is 0. The molecule has 1 aliphatic rings. The van der Waals surface area contributed by atoms with Crippen LogP contribution >= 0.6 is 15.9 Å². The minimum atomic E-state index is 0.245. The lowest BCUT2D eigenvalue weighted by Crippen LogP contribution is -2.24. The predicted molar refractivity (Wildman–Crippen MR) is 76.6 cm³/mol. The summed E-state index contributed by atoms with van der Waals surface area (Å²) in [7, 11) is 4.12. The van der Waals surface area contributed by atoms with E-state index in [2.05, 4.69) is 59.2 Å². The molecule has 0 bridgehead atoms. The number of amides is 1. The van der Waals surface area contributed by atoms with Crippen LogP contribution in [-0.4, -0.2) is 41.2 Å². The van der Waals surface area contributed by atoms with Crippen LogP contribution in [-0.2, 0) is 17.9 Å². The quantitative estimate of drug-likeness (QED) is 0.796. The summed E-state index contributed by atoms with van der Waals surface area (Å²) in [5, 5.41) is 0. The van der Waals surface area contributed by atoms with E-state index in [4.69, 9.17) is 0 Å². The molecule has 4 heteroatoms. The lowest BCUT2D eigenvalue weighted by molar-refractivity contribution is -0.128. The Kier molecular flexibility index (Phi) is 4.40. The molecular formula is C14H19BrN2O. The van der Waals surface area contributed by atoms with Crippen molar-refractivity contribution in [2.24, 2.45) is 0 Å². The normalized spacial score (nSPS) is 19.9. The molecule has 98 valence electrons. The highest BCUT2D eigenvalue weighted by molar-refractivity contribution is 9.09. The van der Waals surface area contributed by atoms with Gasteiger partial charge in [-0.25, -0.2) is 0 Å². The lowest BCUT2D eigenvalue weighted by atomic mass is 10.1. The van der Waals surface area contributed by atoms with E-state index in [1.807, 2.05) is 4.90 Å². The molecule has 0 aromatic heterocycles. The van der Waals surface area contributed by atoms with Gasteiger partial charge in [0, 0.05) is 30.9 Å². The molecule has 1 fully saturated rings. The van der Waals surface area contributed by atoms with Gasteiger partial charge in [-0.15, -0.1) is 0 Å². The standard InChI is InChI=1S/C14H19BrN2O/c1-16(2)8-11-4-3-5-12(6-11)9-17-10-13(15)7-14(17)18/h3-6,13H,7-10H2,1-2H3. The Morgan fingerprint density at radius 3 is 2.72 bits per heavy atom. The minimum Gasteiger partial charge on any atom is -0.337 e. The molecule has 1 atom stereocenters. The van der Waals surface area contributed by atoms with E-state index >= 15 is 0 Å². The number of carbonyl (C=O) groups excluding carboxylic acids is 1. The third-order valence-electron chi connectivity index (χ3n) is 3.03. The van der Waals surface area contributed by atoms with Crippen LogP contribution in [0.15, 0.2) is 24.3 Å². The number of nitrogens with zero attached hydrogens (tertiary/aromatic N) is 2. The van der Waals surface area contributed by atoms with Crippen LogP contribution < -0.4 is 0 Å². The van der Waals surface area contributed by atoms with E-state index < -0.39 is 0 Å². The van der Waals surface area contributed by atoms with Crippen LogP contribution in [0.4, 0.5) is 0 Å². The number of likely N-dealkylation sites (tertiary alicyclic amines) is 1. The molecule has 0 aliphatic carbocycles. The van der Waals surface area contributed by atoms with E-state index in [0.717, 1.165) is 19.6 Å². The second-order valence-corrected chi connectivity index (χ2v) is 6.43. The number of hydrogen-bond donors (Lipinski definition) is 0. The van der Waals surface area contributed by atoms with Crippen LogP contribution in [0.25, 0.3) is 0 Å². The second-order valence-electron chi connectivity index (χ2n) is 5.13. The molecular weight excluding hydrogens is 292 g/mol. The van der Waals surface area contributed by atoms with Gasteiger partial charge < -0.3 is 9.80 Å². The van der Waals surface area contributed by atoms with Gasteiger partial charge in [0.15, 0.2) is 0 Å². The Balaban J connectivity index is 2.03. The zero-order valence-corrected chi connectivity index (χ0v) is 12.5. The van der Waals surface area contributed by atoms with Crippen molar-refractivity contribution in [3.63, 3.8) is 0 Å². The summed E-state index contributed by atoms with van der Waals surface area (Å²) in [6.45, 7) is 2.47. The first-order valence-electron chi connectivity index (χ1n) is 6.19. The van der Waals surface area contributed by atoms with E-state index in [9.17, 15) is 4.79 Å². The van der Waals surface area contributed by atoms with Gasteiger partial charge in [0.25, 0.3) is 0 Å². The molecule has 1 aliphatic heterocycles. The Bertz CT molecular complexity index is 434. The summed E-state index contributed by atoms with van der Waals surface area (Å²) in [6, 6.07) is 8.48. The maximum atomic E-state index is 11.7. The van der Waals surface area contributed by atoms with E-state index in [1.54, 1.807) is 0 Å². The van der Waals surface area contributed by atoms with Gasteiger partial charge in [-0.05, 0) is 25.2 Å². The average Bonchev–Trinajstić information content (AvgIpc) is 2.57. The molecule has 0 spiro atoms. The van der Waals surface area contributed by atoms with Crippen LogP contribution in [0.2, 0.25) is 0 Å². The molecule has 2 rings (SSSR count). The van der Waals surface area contributed by atoms with Gasteiger partial charge in [0.1, 0.15) is 0 Å². The summed E-state index contributed by atoms with van der Waals surface area (Å²) in [6.07, 6.45) is 0.622. The molecule has 18 heavy (non-hydrogen) atoms. The molecule has 0 saturated carbocycles. The first-order chi connectivity index (χ1) is 8.54. The largest absolute Gasteiger partial charge is 0.337 e. The topological polar surface area (TPSA) is 23.6 Å². The van der Waals surface area contributed by atoms with Crippen molar-refractivity contribution in [3.05, 3.63) is 35.4 Å². The molecule has 1 aromatic rings. The van der Waals surface area contributed by atoms with Crippen LogP contribution in [0.5, 0.6) is 0 Å². The van der Waals surface area contributed by atoms with Crippen molar-refractivity contribution < 1.29 is 4.79 Å². The van der Waals surface area contributed by atoms with E-state index in [1.165, 1.54) is 11.1 Å². The van der Waals surface area contributed by atoms with Crippen molar-refractivity contribution >= 4 is 21.8 Å². The molecule has 0 radical (unpaired) electrons. The fraction of sp³-hybridized carbons (Fsp3) is 0.500. The molecule has 1 saturated heterocycles. The smallest absolute Gasteiger partial charge is 0.224 e. The summed E-state index contributed by atoms with van der Waals surface area (Å²) in [5.41, 5.74) is 2.50. The zero-order chi connectivity index (χ0) is 13.1. The summed E-state index contributed by atoms with van der Waals surface area (Å²) >= 11 is 3.51. The highest BCUT2D eigenvalue weighted by Crippen LogP contribution is 2.20. The Morgan fingerprint density at radius 1 is 1.39 bits per heavy atom. The maximum Gasteiger partial charge on any atom is 0.224 e. The summed E-state index contributed by atoms with van der Waals surface area (Å²) in [4.78, 5) is 16.1. The third-order valence-corrected chi connectivity index (χ3v) is 3.64. The third kappa shape index (κ3) is 3.56. The minimum absolute atomic E-state index is 0.245. The highest BCUT2D eigenvalue weighted by Gasteiger charge is 2.27. The number of benzene rings is 1. The Hall–Kier alpha value is -0.870. The fourth-order valence-electron chi connectivity index (χ4n) is 2.29. The van der Waals surface area contributed by atoms with E-state index in [-0.39, 0.29) is 5.91 Å². The number of carbonyl (C=O) groups is 1. The number of hydrogen-bond acceptors (Lipinski definition) is 2. The lowest BCUT2D eigenvalue weighted by Gasteiger charge is -2.17. The average molecular weight is 311 g/mol. The molecule has 1 amide bonds. The van der Waals surface area contributed by atoms with Gasteiger partial charge in [0.05, 0.1) is 0 Å². The van der Waals surface area contributed by atoms with Gasteiger partial charge in [0.2, 0.25) is 5.91 Å². The molecule has 1 unspecified atom stereocenters. The Morgan fingerprint density at radius 2 is 2.11 bits per heavy atom. The molecule has 3 nitrogen and oxygen atoms in total. The van der Waals surface area contributed by atoms with Gasteiger partial charge in [-0.2, -0.15) is 0 Å². The number of alkyl halides is 1. The van der Waals surface area contributed by atoms with Gasteiger partial charge in [-0.3, -0.25) is 4.79 Å². The van der Waals surface area contributed by atoms with Gasteiger partial charge in [-0.1, -0.05) is 40.2 Å². The van der Waals surface area contributed by atoms with Crippen molar-refractivity contribution in [1.29, 1.82) is 0 Å². The van der Waals surface area contributed by atoms with Gasteiger partial charge >= 0.3 is 0 Å². The SMILES string of the molecule is CN(C)Cc1cccc(CN2CC(Br)CC2=O)c1. The van der Waals surface area contributed by atoms with Crippen molar-refractivity contribution in [3.8, 4) is 0 Å². The number of rotatable bonds is 4. The van der Waals surface area contributed by atoms with Crippen molar-refractivity contribution in [1.82, 2.24) is 9.80 Å². The first kappa shape index (κ1) is 13.6. The maximum absolute atomic E-state index is 11.7. The Labute approximate surface area is 117 Å². The highest BCUT2D eigenvalue weighted by atomic mass is 79.9. The monoisotopic (exact) mass is 310 g/mol. The molecule has 0 N–H and O–H groups in total. The zero-order valence-electron chi connectivity index (χ0n) is 10.9. The first-order valence-corrected chi connectivity index (χ1v) is 7.10. The molecule has 1 heterocycles. The van der Waals surface area contributed by atoms with Crippen molar-refractivity contribution in [2.75, 3.05) is 20.6 Å². The fourth-order valence-corrected chi connectivity index (χ4v) is 2.92.